The van der Waals surface area contributed by atoms with Gasteiger partial charge < -0.3 is 0 Å². The van der Waals surface area contributed by atoms with Gasteiger partial charge in [0, 0.05) is 0 Å². The molecule has 5 aromatic rings. The van der Waals surface area contributed by atoms with Gasteiger partial charge in [0.05, 0.1) is 0 Å². The van der Waals surface area contributed by atoms with Crippen LogP contribution in [0.25, 0.3) is 0 Å². The Morgan fingerprint density at radius 2 is 0.929 bits per heavy atom. The van der Waals surface area contributed by atoms with Crippen molar-refractivity contribution in [1.29, 1.82) is 0 Å². The number of rotatable bonds is 9. The van der Waals surface area contributed by atoms with E-state index in [1.54, 1.807) is 7.16 Å². The minimum atomic E-state index is -3.16. The fraction of sp³-hybridized carbons (Fsp3) is 0.231. The van der Waals surface area contributed by atoms with Crippen molar-refractivity contribution in [3.05, 3.63) is 168 Å². The van der Waals surface area contributed by atoms with E-state index >= 15 is 0 Å². The zero-order chi connectivity index (χ0) is 28.4. The van der Waals surface area contributed by atoms with Crippen molar-refractivity contribution in [2.75, 3.05) is 6.61 Å². The summed E-state index contributed by atoms with van der Waals surface area (Å²) in [5.41, 5.74) is 2.91. The molecule has 7 rings (SSSR count). The predicted octanol–water partition coefficient (Wildman–Crippen LogP) is 8.61. The molecular formula is C39H37IOSn. The molecule has 42 heavy (non-hydrogen) atoms. The predicted molar refractivity (Wildman–Crippen MR) is 185 cm³/mol. The van der Waals surface area contributed by atoms with E-state index in [0.717, 1.165) is 18.4 Å². The van der Waals surface area contributed by atoms with Gasteiger partial charge in [0.1, 0.15) is 0 Å². The molecule has 0 unspecified atom stereocenters. The van der Waals surface area contributed by atoms with Crippen LogP contribution in [0, 0.1) is 17.8 Å². The maximum absolute atomic E-state index is 7.55. The monoisotopic (exact) mass is 768 g/mol. The zero-order valence-corrected chi connectivity index (χ0v) is 28.9. The van der Waals surface area contributed by atoms with E-state index in [1.165, 1.54) is 36.0 Å². The Bertz CT molecular complexity index is 1440. The molecule has 2 aliphatic rings. The van der Waals surface area contributed by atoms with Crippen molar-refractivity contribution in [3.63, 3.8) is 0 Å². The summed E-state index contributed by atoms with van der Waals surface area (Å²) < 4.78 is 11.5. The average Bonchev–Trinajstić information content (AvgIpc) is 3.70. The molecule has 0 heterocycles. The molecule has 1 nitrogen and oxygen atoms in total. The standard InChI is InChI=1S/C27H27O.2C6H5.HI.Sn/c1-4-10-24(11-5-1)27(25-12-6-2-7-13-25,26-14-8-3-9-15-26)28-20-23-19-21-16-17-22(23)18-21;2*1-2-4-6-5-3-1;;/h1-15,19,21-23H,16-18,20H2;2*1-5H;1H;/q;;;;+1/p-1/t21-,22+,23+;;;;/m0..../s1. The summed E-state index contributed by atoms with van der Waals surface area (Å²) in [6.07, 6.45) is 4.07. The molecule has 2 aliphatic carbocycles. The molecule has 4 atom stereocenters. The van der Waals surface area contributed by atoms with Crippen molar-refractivity contribution < 1.29 is 4.74 Å². The van der Waals surface area contributed by atoms with Crippen LogP contribution in [0.5, 0.6) is 0 Å². The van der Waals surface area contributed by atoms with Gasteiger partial charge in [-0.15, -0.1) is 0 Å². The van der Waals surface area contributed by atoms with Gasteiger partial charge in [-0.25, -0.2) is 0 Å². The Hall–Kier alpha value is -2.41. The second-order valence-electron chi connectivity index (χ2n) is 12.1. The molecule has 0 aliphatic heterocycles. The number of fused-ring (bicyclic) bond motifs is 2. The summed E-state index contributed by atoms with van der Waals surface area (Å²) in [7, 11) is 0. The molecule has 210 valence electrons. The third kappa shape index (κ3) is 4.97. The second kappa shape index (κ2) is 12.3. The van der Waals surface area contributed by atoms with Crippen LogP contribution in [0.15, 0.2) is 152 Å². The van der Waals surface area contributed by atoms with Crippen LogP contribution >= 0.6 is 18.6 Å². The number of ether oxygens (including phenoxy) is 1. The molecule has 0 saturated heterocycles. The van der Waals surface area contributed by atoms with Crippen LogP contribution in [0.1, 0.15) is 36.0 Å². The van der Waals surface area contributed by atoms with Crippen LogP contribution in [0.2, 0.25) is 3.93 Å². The quantitative estimate of drug-likeness (QED) is 0.0830. The summed E-state index contributed by atoms with van der Waals surface area (Å²) in [4.78, 5) is 0. The van der Waals surface area contributed by atoms with Crippen molar-refractivity contribution in [2.45, 2.75) is 28.8 Å². The summed E-state index contributed by atoms with van der Waals surface area (Å²) in [6.45, 7) is 0.770. The van der Waals surface area contributed by atoms with Crippen molar-refractivity contribution >= 4 is 40.2 Å². The topological polar surface area (TPSA) is 9.23 Å². The van der Waals surface area contributed by atoms with Gasteiger partial charge in [-0.3, -0.25) is 0 Å². The molecule has 5 aromatic carbocycles. The number of benzene rings is 5. The zero-order valence-electron chi connectivity index (χ0n) is 23.9. The Kier molecular flexibility index (Phi) is 8.30. The van der Waals surface area contributed by atoms with Gasteiger partial charge in [0.15, 0.2) is 0 Å². The van der Waals surface area contributed by atoms with Gasteiger partial charge in [-0.1, -0.05) is 0 Å². The van der Waals surface area contributed by atoms with E-state index in [9.17, 15) is 0 Å². The Morgan fingerprint density at radius 1 is 0.548 bits per heavy atom. The Morgan fingerprint density at radius 3 is 1.36 bits per heavy atom. The van der Waals surface area contributed by atoms with E-state index in [1.807, 2.05) is 0 Å². The Balaban J connectivity index is 1.34. The maximum atomic E-state index is 7.55. The number of hydrogen-bond donors (Lipinski definition) is 0. The van der Waals surface area contributed by atoms with Crippen molar-refractivity contribution in [2.24, 2.45) is 17.8 Å². The van der Waals surface area contributed by atoms with Gasteiger partial charge in [-0.05, 0) is 0 Å². The molecule has 2 bridgehead atoms. The van der Waals surface area contributed by atoms with E-state index in [2.05, 4.69) is 170 Å². The number of halogens is 1. The summed E-state index contributed by atoms with van der Waals surface area (Å²) in [6, 6.07) is 55.8. The molecule has 0 amide bonds. The first kappa shape index (κ1) is 28.4. The fourth-order valence-corrected chi connectivity index (χ4v) is 32.0. The third-order valence-corrected chi connectivity index (χ3v) is 35.0. The first-order chi connectivity index (χ1) is 20.7. The molecular weight excluding hydrogens is 730 g/mol. The van der Waals surface area contributed by atoms with E-state index in [4.69, 9.17) is 4.74 Å². The Labute approximate surface area is 264 Å². The summed E-state index contributed by atoms with van der Waals surface area (Å²) >= 11 is -0.125. The molecule has 0 spiro atoms. The van der Waals surface area contributed by atoms with Gasteiger partial charge in [0.25, 0.3) is 0 Å². The average molecular weight is 767 g/mol. The van der Waals surface area contributed by atoms with Crippen LogP contribution in [0.4, 0.5) is 0 Å². The molecule has 2 saturated carbocycles. The van der Waals surface area contributed by atoms with Crippen molar-refractivity contribution in [1.82, 2.24) is 0 Å². The molecule has 3 heteroatoms. The van der Waals surface area contributed by atoms with Crippen molar-refractivity contribution in [3.8, 4) is 0 Å². The van der Waals surface area contributed by atoms with Crippen LogP contribution in [0.3, 0.4) is 0 Å². The summed E-state index contributed by atoms with van der Waals surface area (Å²) in [5.74, 6) is 2.07. The van der Waals surface area contributed by atoms with E-state index in [-0.39, 0.29) is 0 Å². The van der Waals surface area contributed by atoms with E-state index in [0.29, 0.717) is 9.85 Å². The minimum absolute atomic E-state index is 0.548. The number of hydrogen-bond acceptors (Lipinski definition) is 1. The van der Waals surface area contributed by atoms with Gasteiger partial charge >= 0.3 is 266 Å². The van der Waals surface area contributed by atoms with Crippen LogP contribution in [-0.4, -0.2) is 21.0 Å². The normalized spacial score (nSPS) is 21.8. The molecule has 2 fully saturated rings. The van der Waals surface area contributed by atoms with E-state index < -0.39 is 20.0 Å². The SMILES string of the molecule is [I][Sn]([c]1ccccc1)([c]1ccccc1)[C@@H]1[C@H]2CC[C@H](C2)[C@H]1COC(c1ccccc1)(c1ccccc1)c1ccccc1. The van der Waals surface area contributed by atoms with Gasteiger partial charge in [0.2, 0.25) is 0 Å². The van der Waals surface area contributed by atoms with Crippen LogP contribution in [-0.2, 0) is 10.3 Å². The molecule has 0 aromatic heterocycles. The third-order valence-electron chi connectivity index (χ3n) is 9.97. The first-order valence-electron chi connectivity index (χ1n) is 15.3. The first-order valence-corrected chi connectivity index (χ1v) is 28.1. The van der Waals surface area contributed by atoms with Crippen LogP contribution < -0.4 is 7.16 Å². The fourth-order valence-electron chi connectivity index (χ4n) is 8.17. The molecule has 0 N–H and O–H groups in total. The summed E-state index contributed by atoms with van der Waals surface area (Å²) in [5, 5.41) is 0. The molecule has 0 radical (unpaired) electrons. The second-order valence-corrected chi connectivity index (χ2v) is 32.7. The van der Waals surface area contributed by atoms with Gasteiger partial charge in [-0.2, -0.15) is 0 Å².